The molecule has 108 valence electrons. The molecular weight excluding hydrogens is 286 g/mol. The van der Waals surface area contributed by atoms with E-state index in [1.165, 1.54) is 4.90 Å². The van der Waals surface area contributed by atoms with Crippen molar-refractivity contribution >= 4 is 23.2 Å². The molecule has 0 aromatic carbocycles. The van der Waals surface area contributed by atoms with Crippen molar-refractivity contribution in [2.45, 2.75) is 18.9 Å². The zero-order chi connectivity index (χ0) is 14.9. The highest BCUT2D eigenvalue weighted by Gasteiger charge is 2.30. The van der Waals surface area contributed by atoms with Crippen LogP contribution < -0.4 is 0 Å². The van der Waals surface area contributed by atoms with Gasteiger partial charge in [-0.2, -0.15) is 0 Å². The lowest BCUT2D eigenvalue weighted by Gasteiger charge is -2.34. The molecule has 7 nitrogen and oxygen atoms in total. The average Bonchev–Trinajstić information content (AvgIpc) is 2.36. The van der Waals surface area contributed by atoms with Crippen LogP contribution in [0.3, 0.4) is 0 Å². The molecule has 8 heteroatoms. The second-order valence-electron chi connectivity index (χ2n) is 4.97. The van der Waals surface area contributed by atoms with Crippen molar-refractivity contribution in [3.8, 4) is 0 Å². The topological polar surface area (TPSA) is 96.6 Å². The first kappa shape index (κ1) is 14.7. The summed E-state index contributed by atoms with van der Waals surface area (Å²) >= 11 is 5.83. The molecule has 0 atom stereocenters. The molecule has 2 rings (SSSR count). The smallest absolute Gasteiger partial charge is 0.288 e. The van der Waals surface area contributed by atoms with Crippen LogP contribution in [0.5, 0.6) is 0 Å². The summed E-state index contributed by atoms with van der Waals surface area (Å²) in [5.41, 5.74) is -0.256. The number of amides is 1. The van der Waals surface area contributed by atoms with Crippen LogP contribution in [0.25, 0.3) is 0 Å². The second kappa shape index (κ2) is 5.72. The minimum Gasteiger partial charge on any atom is -0.393 e. The Balaban J connectivity index is 2.11. The Morgan fingerprint density at radius 3 is 2.85 bits per heavy atom. The molecule has 1 heterocycles. The standard InChI is InChI=1S/C12H14ClN3O4/c1-15(6-7-2-9(17)3-7)12(18)10-4-8(16(19)20)5-14-11(10)13/h4-5,7,9,17H,2-3,6H2,1H3. The highest BCUT2D eigenvalue weighted by atomic mass is 35.5. The average molecular weight is 300 g/mol. The molecule has 1 saturated carbocycles. The molecule has 0 aliphatic heterocycles. The first-order valence-electron chi connectivity index (χ1n) is 6.12. The largest absolute Gasteiger partial charge is 0.393 e. The summed E-state index contributed by atoms with van der Waals surface area (Å²) in [6.07, 6.45) is 2.06. The minimum atomic E-state index is -0.623. The normalized spacial score (nSPS) is 21.1. The van der Waals surface area contributed by atoms with Crippen molar-refractivity contribution in [2.24, 2.45) is 5.92 Å². The van der Waals surface area contributed by atoms with Gasteiger partial charge in [0.1, 0.15) is 11.3 Å². The van der Waals surface area contributed by atoms with Crippen molar-refractivity contribution in [2.75, 3.05) is 13.6 Å². The number of hydrogen-bond acceptors (Lipinski definition) is 5. The van der Waals surface area contributed by atoms with Gasteiger partial charge in [0.2, 0.25) is 0 Å². The van der Waals surface area contributed by atoms with Crippen molar-refractivity contribution in [3.63, 3.8) is 0 Å². The monoisotopic (exact) mass is 299 g/mol. The molecule has 1 fully saturated rings. The maximum Gasteiger partial charge on any atom is 0.288 e. The van der Waals surface area contributed by atoms with E-state index >= 15 is 0 Å². The molecule has 1 aliphatic carbocycles. The number of aromatic nitrogens is 1. The fraction of sp³-hybridized carbons (Fsp3) is 0.500. The summed E-state index contributed by atoms with van der Waals surface area (Å²) < 4.78 is 0. The van der Waals surface area contributed by atoms with Gasteiger partial charge in [-0.3, -0.25) is 14.9 Å². The van der Waals surface area contributed by atoms with Crippen molar-refractivity contribution in [3.05, 3.63) is 33.1 Å². The SMILES string of the molecule is CN(CC1CC(O)C1)C(=O)c1cc([N+](=O)[O-])cnc1Cl. The van der Waals surface area contributed by atoms with Gasteiger partial charge in [0.15, 0.2) is 0 Å². The Hall–Kier alpha value is -1.73. The lowest BCUT2D eigenvalue weighted by Crippen LogP contribution is -2.39. The van der Waals surface area contributed by atoms with E-state index in [4.69, 9.17) is 11.6 Å². The molecular formula is C12H14ClN3O4. The number of nitro groups is 1. The van der Waals surface area contributed by atoms with Gasteiger partial charge in [-0.1, -0.05) is 11.6 Å². The fourth-order valence-electron chi connectivity index (χ4n) is 2.21. The summed E-state index contributed by atoms with van der Waals surface area (Å²) in [5, 5.41) is 19.9. The third-order valence-corrected chi connectivity index (χ3v) is 3.66. The molecule has 1 N–H and O–H groups in total. The van der Waals surface area contributed by atoms with E-state index in [2.05, 4.69) is 4.98 Å². The van der Waals surface area contributed by atoms with Crippen molar-refractivity contribution in [1.29, 1.82) is 0 Å². The van der Waals surface area contributed by atoms with E-state index in [1.54, 1.807) is 7.05 Å². The Bertz CT molecular complexity index is 546. The van der Waals surface area contributed by atoms with E-state index in [-0.39, 0.29) is 28.4 Å². The minimum absolute atomic E-state index is 0.0169. The zero-order valence-corrected chi connectivity index (χ0v) is 11.6. The molecule has 1 aliphatic rings. The summed E-state index contributed by atoms with van der Waals surface area (Å²) in [6, 6.07) is 1.13. The van der Waals surface area contributed by atoms with Gasteiger partial charge in [0, 0.05) is 19.7 Å². The van der Waals surface area contributed by atoms with Crippen LogP contribution in [-0.2, 0) is 0 Å². The van der Waals surface area contributed by atoms with Gasteiger partial charge in [0.25, 0.3) is 11.6 Å². The van der Waals surface area contributed by atoms with E-state index in [0.717, 1.165) is 12.3 Å². The van der Waals surface area contributed by atoms with Gasteiger partial charge in [-0.15, -0.1) is 0 Å². The Morgan fingerprint density at radius 2 is 2.30 bits per heavy atom. The predicted molar refractivity (Wildman–Crippen MR) is 71.6 cm³/mol. The molecule has 0 bridgehead atoms. The van der Waals surface area contributed by atoms with Crippen LogP contribution in [-0.4, -0.2) is 45.5 Å². The maximum absolute atomic E-state index is 12.2. The lowest BCUT2D eigenvalue weighted by molar-refractivity contribution is -0.385. The molecule has 0 unspecified atom stereocenters. The molecule has 1 aromatic heterocycles. The van der Waals surface area contributed by atoms with Crippen LogP contribution >= 0.6 is 11.6 Å². The number of aliphatic hydroxyl groups is 1. The number of halogens is 1. The second-order valence-corrected chi connectivity index (χ2v) is 5.32. The van der Waals surface area contributed by atoms with Gasteiger partial charge >= 0.3 is 0 Å². The first-order chi connectivity index (χ1) is 9.38. The third kappa shape index (κ3) is 3.05. The number of rotatable bonds is 4. The molecule has 0 radical (unpaired) electrons. The van der Waals surface area contributed by atoms with E-state index in [1.807, 2.05) is 0 Å². The van der Waals surface area contributed by atoms with E-state index in [9.17, 15) is 20.0 Å². The number of carbonyl (C=O) groups excluding carboxylic acids is 1. The van der Waals surface area contributed by atoms with Gasteiger partial charge in [-0.25, -0.2) is 4.98 Å². The van der Waals surface area contributed by atoms with E-state index in [0.29, 0.717) is 19.4 Å². The van der Waals surface area contributed by atoms with Crippen LogP contribution in [0.15, 0.2) is 12.3 Å². The third-order valence-electron chi connectivity index (χ3n) is 3.36. The van der Waals surface area contributed by atoms with Crippen LogP contribution in [0, 0.1) is 16.0 Å². The number of hydrogen-bond donors (Lipinski definition) is 1. The summed E-state index contributed by atoms with van der Waals surface area (Å²) in [6.45, 7) is 0.481. The van der Waals surface area contributed by atoms with Crippen LogP contribution in [0.4, 0.5) is 5.69 Å². The quantitative estimate of drug-likeness (QED) is 0.516. The van der Waals surface area contributed by atoms with E-state index < -0.39 is 10.8 Å². The predicted octanol–water partition coefficient (Wildman–Crippen LogP) is 1.49. The highest BCUT2D eigenvalue weighted by molar-refractivity contribution is 6.32. The van der Waals surface area contributed by atoms with Gasteiger partial charge < -0.3 is 10.0 Å². The van der Waals surface area contributed by atoms with Gasteiger partial charge in [0.05, 0.1) is 16.6 Å². The van der Waals surface area contributed by atoms with Crippen LogP contribution in [0.2, 0.25) is 5.15 Å². The van der Waals surface area contributed by atoms with Crippen molar-refractivity contribution < 1.29 is 14.8 Å². The lowest BCUT2D eigenvalue weighted by atomic mass is 9.82. The first-order valence-corrected chi connectivity index (χ1v) is 6.49. The maximum atomic E-state index is 12.2. The zero-order valence-electron chi connectivity index (χ0n) is 10.8. The van der Waals surface area contributed by atoms with Gasteiger partial charge in [-0.05, 0) is 18.8 Å². The summed E-state index contributed by atoms with van der Waals surface area (Å²) in [7, 11) is 1.60. The van der Waals surface area contributed by atoms with Crippen molar-refractivity contribution in [1.82, 2.24) is 9.88 Å². The highest BCUT2D eigenvalue weighted by Crippen LogP contribution is 2.28. The number of aliphatic hydroxyl groups excluding tert-OH is 1. The Labute approximate surface area is 120 Å². The molecule has 0 saturated heterocycles. The molecule has 1 aromatic rings. The fourth-order valence-corrected chi connectivity index (χ4v) is 2.40. The molecule has 1 amide bonds. The summed E-state index contributed by atoms with van der Waals surface area (Å²) in [4.78, 5) is 27.4. The summed E-state index contributed by atoms with van der Waals surface area (Å²) in [5.74, 6) is -0.156. The molecule has 0 spiro atoms. The Morgan fingerprint density at radius 1 is 1.65 bits per heavy atom. The molecule has 20 heavy (non-hydrogen) atoms. The van der Waals surface area contributed by atoms with Crippen LogP contribution in [0.1, 0.15) is 23.2 Å². The Kier molecular flexibility index (Phi) is 4.20. The number of carbonyl (C=O) groups is 1. The number of pyridine rings is 1. The number of nitrogens with zero attached hydrogens (tertiary/aromatic N) is 3.